The van der Waals surface area contributed by atoms with Gasteiger partial charge in [-0.25, -0.2) is 4.79 Å². The molecule has 2 rings (SSSR count). The van der Waals surface area contributed by atoms with E-state index < -0.39 is 26.5 Å². The zero-order valence-corrected chi connectivity index (χ0v) is 39.8. The number of anilines is 1. The molecule has 1 aromatic carbocycles. The van der Waals surface area contributed by atoms with E-state index in [-0.39, 0.29) is 40.5 Å². The van der Waals surface area contributed by atoms with E-state index in [0.717, 1.165) is 34.6 Å². The molecule has 0 unspecified atom stereocenters. The van der Waals surface area contributed by atoms with E-state index in [1.54, 1.807) is 28.4 Å². The first-order valence-electron chi connectivity index (χ1n) is 19.3. The Labute approximate surface area is 356 Å². The molecule has 1 saturated heterocycles. The number of halogens is 1. The summed E-state index contributed by atoms with van der Waals surface area (Å²) in [7, 11) is 5.58. The van der Waals surface area contributed by atoms with Gasteiger partial charge in [-0.05, 0) is 79.6 Å². The van der Waals surface area contributed by atoms with Gasteiger partial charge in [0.15, 0.2) is 8.32 Å². The molecule has 1 fully saturated rings. The molecule has 1 N–H and O–H groups in total. The molecule has 324 valence electrons. The van der Waals surface area contributed by atoms with Crippen molar-refractivity contribution in [1.29, 1.82) is 0 Å². The van der Waals surface area contributed by atoms with E-state index in [9.17, 15) is 14.7 Å². The van der Waals surface area contributed by atoms with Crippen molar-refractivity contribution in [3.8, 4) is 5.75 Å². The van der Waals surface area contributed by atoms with Gasteiger partial charge in [0.05, 0.1) is 61.9 Å². The number of nitrogens with zero attached hydrogens (tertiary/aromatic N) is 1. The van der Waals surface area contributed by atoms with Gasteiger partial charge in [-0.3, -0.25) is 9.69 Å². The zero-order valence-electron chi connectivity index (χ0n) is 36.4. The number of rotatable bonds is 23. The number of carbonyl (C=O) groups is 2. The van der Waals surface area contributed by atoms with Gasteiger partial charge in [-0.1, -0.05) is 69.2 Å². The Balaban J connectivity index is 2.46. The first-order valence-corrected chi connectivity index (χ1v) is 24.6. The second-order valence-electron chi connectivity index (χ2n) is 15.9. The third-order valence-corrected chi connectivity index (χ3v) is 18.8. The summed E-state index contributed by atoms with van der Waals surface area (Å²) >= 11 is 10.4. The van der Waals surface area contributed by atoms with Gasteiger partial charge in [-0.15, -0.1) is 23.5 Å². The first kappa shape index (κ1) is 51.1. The molecule has 0 spiro atoms. The predicted octanol–water partition coefficient (Wildman–Crippen LogP) is 10.0. The van der Waals surface area contributed by atoms with Crippen LogP contribution in [0.2, 0.25) is 23.2 Å². The summed E-state index contributed by atoms with van der Waals surface area (Å²) in [5.41, 5.74) is 3.38. The Hall–Kier alpha value is -2.01. The molecule has 0 aromatic heterocycles. The van der Waals surface area contributed by atoms with Crippen LogP contribution in [0.1, 0.15) is 66.4 Å². The van der Waals surface area contributed by atoms with Crippen LogP contribution in [0.5, 0.6) is 5.75 Å². The van der Waals surface area contributed by atoms with Crippen LogP contribution in [0, 0.1) is 5.92 Å². The summed E-state index contributed by atoms with van der Waals surface area (Å²) < 4.78 is 40.5. The summed E-state index contributed by atoms with van der Waals surface area (Å²) in [6.45, 7) is 17.9. The van der Waals surface area contributed by atoms with Crippen LogP contribution in [0.3, 0.4) is 0 Å². The highest BCUT2D eigenvalue weighted by Gasteiger charge is 2.44. The molecule has 57 heavy (non-hydrogen) atoms. The number of aliphatic carboxylic acids is 1. The Morgan fingerprint density at radius 1 is 1.09 bits per heavy atom. The van der Waals surface area contributed by atoms with Crippen molar-refractivity contribution in [2.24, 2.45) is 5.92 Å². The van der Waals surface area contributed by atoms with Gasteiger partial charge < -0.3 is 38.0 Å². The van der Waals surface area contributed by atoms with Gasteiger partial charge in [0.25, 0.3) is 0 Å². The van der Waals surface area contributed by atoms with E-state index in [4.69, 9.17) is 44.4 Å². The molecule has 1 aliphatic rings. The minimum absolute atomic E-state index is 0.0747. The van der Waals surface area contributed by atoms with Crippen molar-refractivity contribution in [2.75, 3.05) is 71.9 Å². The predicted molar refractivity (Wildman–Crippen MR) is 238 cm³/mol. The summed E-state index contributed by atoms with van der Waals surface area (Å²) in [4.78, 5) is 25.7. The molecule has 0 bridgehead atoms. The number of allylic oxidation sites excluding steroid dienone is 3. The summed E-state index contributed by atoms with van der Waals surface area (Å²) in [5.74, 6) is 1.44. The van der Waals surface area contributed by atoms with Crippen molar-refractivity contribution in [1.82, 2.24) is 0 Å². The maximum Gasteiger partial charge on any atom is 0.413 e. The summed E-state index contributed by atoms with van der Waals surface area (Å²) in [5, 5.41) is 10.1. The number of ether oxygens (including phenoxy) is 6. The van der Waals surface area contributed by atoms with E-state index in [1.807, 2.05) is 55.6 Å². The van der Waals surface area contributed by atoms with Crippen LogP contribution < -0.4 is 9.64 Å². The van der Waals surface area contributed by atoms with Crippen molar-refractivity contribution in [3.63, 3.8) is 0 Å². The number of hydrogen-bond donors (Lipinski definition) is 1. The van der Waals surface area contributed by atoms with Crippen molar-refractivity contribution in [3.05, 3.63) is 58.2 Å². The van der Waals surface area contributed by atoms with Gasteiger partial charge in [0.2, 0.25) is 0 Å². The highest BCUT2D eigenvalue weighted by Crippen LogP contribution is 2.50. The average molecular weight is 875 g/mol. The highest BCUT2D eigenvalue weighted by molar-refractivity contribution is 8.18. The number of thioether (sulfide) groups is 2. The summed E-state index contributed by atoms with van der Waals surface area (Å²) in [6, 6.07) is 3.74. The third-order valence-electron chi connectivity index (χ3n) is 10.4. The standard InChI is InChI=1S/C42H68ClNO10S2Si/c1-29(22-32-24-33(44(7)40(47)51-11)39(43)35(25-32)49-9)16-14-17-37(50-10)42(55-20-15-21-56-42)27-36(53-28-52-19-18-48-8)31(3)23-30(2)34(26-38(45)46)54-57(12,13)41(4,5)6/h14,16-17,23-25,31,34,36-37H,15,18-22,26-28H2,1-13H3,(H,45,46)/b17-14+,29-16+,30-23+/t31-,34-,36-,37+/m0/s1. The van der Waals surface area contributed by atoms with E-state index >= 15 is 0 Å². The highest BCUT2D eigenvalue weighted by atomic mass is 35.5. The second kappa shape index (κ2) is 24.3. The molecule has 4 atom stereocenters. The molecule has 1 aromatic rings. The molecule has 15 heteroatoms. The molecule has 0 radical (unpaired) electrons. The maximum atomic E-state index is 12.3. The normalized spacial score (nSPS) is 17.6. The van der Waals surface area contributed by atoms with E-state index in [2.05, 4.69) is 59.0 Å². The maximum absolute atomic E-state index is 12.3. The van der Waals surface area contributed by atoms with Crippen LogP contribution in [-0.4, -0.2) is 115 Å². The van der Waals surface area contributed by atoms with Crippen LogP contribution >= 0.6 is 35.1 Å². The molecular formula is C42H68ClNO10S2Si. The first-order chi connectivity index (χ1) is 26.7. The van der Waals surface area contributed by atoms with Crippen LogP contribution in [0.25, 0.3) is 0 Å². The van der Waals surface area contributed by atoms with Gasteiger partial charge in [0, 0.05) is 33.6 Å². The SMILES string of the molecule is COCCOCO[C@@H](CC1([C@@H](/C=C/C=C(\C)Cc2cc(OC)c(Cl)c(N(C)C(=O)OC)c2)OC)SCCCS1)[C@@H](C)/C=C(\C)[C@H](CC(=O)O)O[Si](C)(C)C(C)(C)C. The molecule has 0 aliphatic carbocycles. The second-order valence-corrected chi connectivity index (χ2v) is 24.2. The third kappa shape index (κ3) is 15.8. The lowest BCUT2D eigenvalue weighted by atomic mass is 9.94. The molecule has 1 aliphatic heterocycles. The largest absolute Gasteiger partial charge is 0.495 e. The van der Waals surface area contributed by atoms with Crippen molar-refractivity contribution >= 4 is 61.2 Å². The monoisotopic (exact) mass is 873 g/mol. The number of amides is 1. The van der Waals surface area contributed by atoms with Gasteiger partial charge in [0.1, 0.15) is 17.6 Å². The molecule has 0 saturated carbocycles. The fourth-order valence-electron chi connectivity index (χ4n) is 6.09. The lowest BCUT2D eigenvalue weighted by molar-refractivity contribution is -0.138. The number of carboxylic acids is 1. The Bertz CT molecular complexity index is 1530. The zero-order chi connectivity index (χ0) is 43.0. The Morgan fingerprint density at radius 2 is 1.75 bits per heavy atom. The minimum atomic E-state index is -2.27. The summed E-state index contributed by atoms with van der Waals surface area (Å²) in [6.07, 6.45) is 8.96. The molecule has 11 nitrogen and oxygen atoms in total. The Kier molecular flexibility index (Phi) is 21.8. The van der Waals surface area contributed by atoms with Crippen LogP contribution in [0.4, 0.5) is 10.5 Å². The number of carbonyl (C=O) groups excluding carboxylic acids is 1. The Morgan fingerprint density at radius 3 is 2.32 bits per heavy atom. The van der Waals surface area contributed by atoms with Crippen LogP contribution in [-0.2, 0) is 39.3 Å². The number of benzene rings is 1. The quantitative estimate of drug-likeness (QED) is 0.0370. The lowest BCUT2D eigenvalue weighted by Crippen LogP contribution is -2.45. The van der Waals surface area contributed by atoms with Crippen molar-refractivity contribution in [2.45, 2.75) is 108 Å². The lowest BCUT2D eigenvalue weighted by Gasteiger charge is -2.43. The molecule has 1 heterocycles. The van der Waals surface area contributed by atoms with Crippen LogP contribution in [0.15, 0.2) is 47.6 Å². The average Bonchev–Trinajstić information content (AvgIpc) is 3.15. The fourth-order valence-corrected chi connectivity index (χ4v) is 11.3. The molecular weight excluding hydrogens is 806 g/mol. The van der Waals surface area contributed by atoms with Crippen molar-refractivity contribution < 1.29 is 47.5 Å². The fraction of sp³-hybridized carbons (Fsp3) is 0.667. The minimum Gasteiger partial charge on any atom is -0.495 e. The topological polar surface area (TPSA) is 122 Å². The van der Waals surface area contributed by atoms with Gasteiger partial charge >= 0.3 is 12.1 Å². The van der Waals surface area contributed by atoms with E-state index in [0.29, 0.717) is 42.5 Å². The number of carboxylic acid groups (broad SMARTS) is 1. The number of hydrogen-bond acceptors (Lipinski definition) is 11. The molecule has 1 amide bonds. The smallest absolute Gasteiger partial charge is 0.413 e. The van der Waals surface area contributed by atoms with E-state index in [1.165, 1.54) is 12.0 Å². The number of methoxy groups -OCH3 is 4. The van der Waals surface area contributed by atoms with Gasteiger partial charge in [-0.2, -0.15) is 0 Å².